The van der Waals surface area contributed by atoms with E-state index in [0.717, 1.165) is 0 Å². The number of hydrogen-bond donors (Lipinski definition) is 2. The van der Waals surface area contributed by atoms with Crippen LogP contribution in [0.5, 0.6) is 0 Å². The average molecular weight is 389 g/mol. The molecule has 1 saturated heterocycles. The van der Waals surface area contributed by atoms with Gasteiger partial charge in [0.2, 0.25) is 0 Å². The van der Waals surface area contributed by atoms with E-state index in [1.807, 2.05) is 6.92 Å². The number of halogens is 3. The predicted molar refractivity (Wildman–Crippen MR) is 86.6 cm³/mol. The number of ether oxygens (including phenoxy) is 3. The van der Waals surface area contributed by atoms with Gasteiger partial charge in [0.25, 0.3) is 9.70 Å². The van der Waals surface area contributed by atoms with E-state index in [1.165, 1.54) is 20.3 Å². The number of hydrogen-bond acceptors (Lipinski definition) is 5. The molecule has 1 heterocycles. The molecule has 1 saturated carbocycles. The van der Waals surface area contributed by atoms with E-state index >= 15 is 0 Å². The molecule has 2 fully saturated rings. The van der Waals surface area contributed by atoms with Gasteiger partial charge in [-0.3, -0.25) is 4.79 Å². The van der Waals surface area contributed by atoms with Crippen molar-refractivity contribution in [1.29, 1.82) is 0 Å². The monoisotopic (exact) mass is 387 g/mol. The van der Waals surface area contributed by atoms with Gasteiger partial charge in [0.15, 0.2) is 6.29 Å². The van der Waals surface area contributed by atoms with Gasteiger partial charge in [-0.25, -0.2) is 0 Å². The largest absolute Gasteiger partial charge is 0.387 e. The lowest BCUT2D eigenvalue weighted by atomic mass is 9.66. The van der Waals surface area contributed by atoms with E-state index in [-0.39, 0.29) is 0 Å². The number of alkyl halides is 3. The van der Waals surface area contributed by atoms with Crippen molar-refractivity contribution >= 4 is 40.7 Å². The lowest BCUT2D eigenvalue weighted by Crippen LogP contribution is -2.68. The highest BCUT2D eigenvalue weighted by atomic mass is 35.6. The van der Waals surface area contributed by atoms with E-state index in [0.29, 0.717) is 6.42 Å². The predicted octanol–water partition coefficient (Wildman–Crippen LogP) is 1.55. The Morgan fingerprint density at radius 2 is 2.04 bits per heavy atom. The van der Waals surface area contributed by atoms with Crippen molar-refractivity contribution in [3.63, 3.8) is 0 Å². The Balaban J connectivity index is 2.42. The molecule has 2 rings (SSSR count). The molecule has 5 atom stereocenters. The summed E-state index contributed by atoms with van der Waals surface area (Å²) in [6.45, 7) is 5.62. The molecule has 0 bridgehead atoms. The standard InChI is InChI=1S/C14H20Cl3NO5/c1-5-13(18-11(20)14(15,16)17)7(10(21-3)22-4)6-12(2)9(23-12)8(13)19/h5,7-10,19H,1,6H2,2-4H3,(H,18,20)/t7-,8-,9-,12+,13-/m1/s1. The third-order valence-electron chi connectivity index (χ3n) is 4.67. The molecular formula is C14H20Cl3NO5. The Hall–Kier alpha value is -0.0800. The summed E-state index contributed by atoms with van der Waals surface area (Å²) in [6, 6.07) is 0. The maximum Gasteiger partial charge on any atom is 0.272 e. The number of carbonyl (C=O) groups excluding carboxylic acids is 1. The van der Waals surface area contributed by atoms with Crippen LogP contribution < -0.4 is 5.32 Å². The Morgan fingerprint density at radius 3 is 2.48 bits per heavy atom. The molecule has 0 aromatic carbocycles. The van der Waals surface area contributed by atoms with Gasteiger partial charge in [-0.2, -0.15) is 0 Å². The first kappa shape index (κ1) is 19.2. The molecule has 6 nitrogen and oxygen atoms in total. The lowest BCUT2D eigenvalue weighted by molar-refractivity contribution is -0.174. The van der Waals surface area contributed by atoms with Gasteiger partial charge in [-0.1, -0.05) is 40.9 Å². The van der Waals surface area contributed by atoms with E-state index in [1.54, 1.807) is 0 Å². The Labute approximate surface area is 150 Å². The fourth-order valence-electron chi connectivity index (χ4n) is 3.40. The molecule has 0 unspecified atom stereocenters. The zero-order valence-corrected chi connectivity index (χ0v) is 15.3. The SMILES string of the molecule is C=C[C@@]1(NC(=O)C(Cl)(Cl)Cl)[C@@H](C(OC)OC)C[C@]2(C)O[C@@H]2[C@H]1O. The van der Waals surface area contributed by atoms with E-state index in [4.69, 9.17) is 49.0 Å². The molecular weight excluding hydrogens is 369 g/mol. The number of methoxy groups -OCH3 is 2. The molecule has 1 aliphatic heterocycles. The molecule has 0 spiro atoms. The highest BCUT2D eigenvalue weighted by Crippen LogP contribution is 2.55. The summed E-state index contributed by atoms with van der Waals surface area (Å²) in [5.41, 5.74) is -1.84. The Morgan fingerprint density at radius 1 is 1.48 bits per heavy atom. The summed E-state index contributed by atoms with van der Waals surface area (Å²) in [5.74, 6) is -1.37. The topological polar surface area (TPSA) is 80.3 Å². The second-order valence-corrected chi connectivity index (χ2v) is 8.32. The molecule has 9 heteroatoms. The van der Waals surface area contributed by atoms with Gasteiger partial charge >= 0.3 is 0 Å². The van der Waals surface area contributed by atoms with Crippen LogP contribution in [-0.4, -0.2) is 58.7 Å². The number of rotatable bonds is 5. The van der Waals surface area contributed by atoms with E-state index < -0.39 is 45.3 Å². The number of amides is 1. The van der Waals surface area contributed by atoms with Crippen LogP contribution in [0.1, 0.15) is 13.3 Å². The van der Waals surface area contributed by atoms with Gasteiger partial charge in [0, 0.05) is 20.1 Å². The molecule has 0 aromatic rings. The maximum atomic E-state index is 12.2. The molecule has 23 heavy (non-hydrogen) atoms. The number of aliphatic hydroxyl groups excluding tert-OH is 1. The molecule has 0 radical (unpaired) electrons. The Bertz CT molecular complexity index is 495. The van der Waals surface area contributed by atoms with Crippen molar-refractivity contribution in [2.24, 2.45) is 5.92 Å². The van der Waals surface area contributed by atoms with Crippen molar-refractivity contribution in [3.8, 4) is 0 Å². The van der Waals surface area contributed by atoms with Crippen LogP contribution in [0.3, 0.4) is 0 Å². The van der Waals surface area contributed by atoms with Crippen LogP contribution >= 0.6 is 34.8 Å². The summed E-state index contributed by atoms with van der Waals surface area (Å²) < 4.78 is 14.1. The second kappa shape index (κ2) is 6.33. The first-order chi connectivity index (χ1) is 10.6. The first-order valence-corrected chi connectivity index (χ1v) is 8.13. The first-order valence-electron chi connectivity index (χ1n) is 7.00. The fraction of sp³-hybridized carbons (Fsp3) is 0.786. The minimum atomic E-state index is -2.18. The number of epoxide rings is 1. The van der Waals surface area contributed by atoms with Crippen molar-refractivity contribution in [3.05, 3.63) is 12.7 Å². The fourth-order valence-corrected chi connectivity index (χ4v) is 3.54. The van der Waals surface area contributed by atoms with Crippen molar-refractivity contribution in [2.45, 2.75) is 46.8 Å². The van der Waals surface area contributed by atoms with E-state index in [2.05, 4.69) is 11.9 Å². The smallest absolute Gasteiger partial charge is 0.272 e. The maximum absolute atomic E-state index is 12.2. The second-order valence-electron chi connectivity index (χ2n) is 6.04. The minimum absolute atomic E-state index is 0.457. The average Bonchev–Trinajstić information content (AvgIpc) is 3.15. The minimum Gasteiger partial charge on any atom is -0.387 e. The number of aliphatic hydroxyl groups is 1. The van der Waals surface area contributed by atoms with Crippen LogP contribution in [0.4, 0.5) is 0 Å². The molecule has 1 amide bonds. The van der Waals surface area contributed by atoms with Gasteiger partial charge in [0.05, 0.1) is 11.1 Å². The van der Waals surface area contributed by atoms with Crippen molar-refractivity contribution in [2.75, 3.05) is 14.2 Å². The van der Waals surface area contributed by atoms with Crippen LogP contribution in [0.2, 0.25) is 0 Å². The number of fused-ring (bicyclic) bond motifs is 1. The zero-order valence-electron chi connectivity index (χ0n) is 13.0. The summed E-state index contributed by atoms with van der Waals surface area (Å²) in [6.07, 6.45) is -0.383. The highest BCUT2D eigenvalue weighted by Gasteiger charge is 2.70. The number of carbonyl (C=O) groups is 1. The molecule has 1 aliphatic carbocycles. The molecule has 2 aliphatic rings. The van der Waals surface area contributed by atoms with Gasteiger partial charge in [-0.15, -0.1) is 6.58 Å². The van der Waals surface area contributed by atoms with Gasteiger partial charge in [-0.05, 0) is 13.3 Å². The van der Waals surface area contributed by atoms with Gasteiger partial charge in [0.1, 0.15) is 12.2 Å². The van der Waals surface area contributed by atoms with Gasteiger partial charge < -0.3 is 24.6 Å². The van der Waals surface area contributed by atoms with Crippen LogP contribution in [0.25, 0.3) is 0 Å². The third kappa shape index (κ3) is 3.23. The third-order valence-corrected chi connectivity index (χ3v) is 5.19. The van der Waals surface area contributed by atoms with E-state index in [9.17, 15) is 9.90 Å². The summed E-state index contributed by atoms with van der Waals surface area (Å²) in [5, 5.41) is 13.4. The normalized spacial score (nSPS) is 39.7. The van der Waals surface area contributed by atoms with Crippen molar-refractivity contribution in [1.82, 2.24) is 5.32 Å². The van der Waals surface area contributed by atoms with Crippen molar-refractivity contribution < 1.29 is 24.1 Å². The van der Waals surface area contributed by atoms with Crippen LogP contribution in [0, 0.1) is 5.92 Å². The highest BCUT2D eigenvalue weighted by molar-refractivity contribution is 6.76. The molecule has 2 N–H and O–H groups in total. The Kier molecular flexibility index (Phi) is 5.30. The summed E-state index contributed by atoms with van der Waals surface area (Å²) in [4.78, 5) is 12.2. The van der Waals surface area contributed by atoms with Crippen LogP contribution in [-0.2, 0) is 19.0 Å². The number of nitrogens with one attached hydrogen (secondary N) is 1. The molecule has 0 aromatic heterocycles. The summed E-state index contributed by atoms with van der Waals surface area (Å²) in [7, 11) is 2.93. The zero-order chi connectivity index (χ0) is 17.6. The van der Waals surface area contributed by atoms with Crippen LogP contribution in [0.15, 0.2) is 12.7 Å². The lowest BCUT2D eigenvalue weighted by Gasteiger charge is -2.48. The quantitative estimate of drug-likeness (QED) is 0.323. The molecule has 132 valence electrons. The summed E-state index contributed by atoms with van der Waals surface area (Å²) >= 11 is 16.9.